The van der Waals surface area contributed by atoms with Crippen molar-refractivity contribution in [2.24, 2.45) is 0 Å². The van der Waals surface area contributed by atoms with Gasteiger partial charge in [0.05, 0.1) is 5.56 Å². The number of aryl methyl sites for hydroxylation is 1. The molecule has 0 atom stereocenters. The molecule has 0 aromatic heterocycles. The average Bonchev–Trinajstić information content (AvgIpc) is 2.33. The van der Waals surface area contributed by atoms with Crippen molar-refractivity contribution in [2.75, 3.05) is 0 Å². The molecule has 0 aliphatic rings. The first-order valence-corrected chi connectivity index (χ1v) is 6.13. The number of benzene rings is 2. The summed E-state index contributed by atoms with van der Waals surface area (Å²) < 4.78 is 6.68. The Morgan fingerprint density at radius 1 is 1.17 bits per heavy atom. The van der Waals surface area contributed by atoms with E-state index in [0.717, 1.165) is 15.8 Å². The topological polar surface area (TPSA) is 46.5 Å². The van der Waals surface area contributed by atoms with Gasteiger partial charge in [-0.25, -0.2) is 4.79 Å². The highest BCUT2D eigenvalue weighted by Crippen LogP contribution is 2.27. The van der Waals surface area contributed by atoms with Gasteiger partial charge in [-0.15, -0.1) is 0 Å². The van der Waals surface area contributed by atoms with E-state index in [4.69, 9.17) is 9.84 Å². The number of hydrogen-bond donors (Lipinski definition) is 1. The highest BCUT2D eigenvalue weighted by atomic mass is 79.9. The lowest BCUT2D eigenvalue weighted by molar-refractivity contribution is 0.0697. The van der Waals surface area contributed by atoms with E-state index in [9.17, 15) is 4.79 Å². The van der Waals surface area contributed by atoms with E-state index in [1.807, 2.05) is 25.1 Å². The highest BCUT2D eigenvalue weighted by Gasteiger charge is 2.04. The zero-order valence-electron chi connectivity index (χ0n) is 9.68. The van der Waals surface area contributed by atoms with Crippen LogP contribution in [0.3, 0.4) is 0 Å². The molecule has 2 aromatic rings. The van der Waals surface area contributed by atoms with Crippen LogP contribution in [0.2, 0.25) is 0 Å². The van der Waals surface area contributed by atoms with Crippen molar-refractivity contribution < 1.29 is 14.6 Å². The second-order valence-corrected chi connectivity index (χ2v) is 4.76. The first kappa shape index (κ1) is 12.6. The van der Waals surface area contributed by atoms with E-state index in [0.29, 0.717) is 5.75 Å². The molecule has 0 saturated carbocycles. The molecule has 1 N–H and O–H groups in total. The fraction of sp³-hybridized carbons (Fsp3) is 0.0714. The van der Waals surface area contributed by atoms with E-state index >= 15 is 0 Å². The van der Waals surface area contributed by atoms with Crippen LogP contribution in [0.25, 0.3) is 0 Å². The van der Waals surface area contributed by atoms with Crippen LogP contribution in [-0.2, 0) is 0 Å². The molecule has 0 unspecified atom stereocenters. The Balaban J connectivity index is 2.21. The van der Waals surface area contributed by atoms with E-state index < -0.39 is 5.97 Å². The molecule has 0 amide bonds. The molecule has 2 rings (SSSR count). The van der Waals surface area contributed by atoms with E-state index in [1.165, 1.54) is 12.1 Å². The average molecular weight is 307 g/mol. The van der Waals surface area contributed by atoms with Gasteiger partial charge in [-0.2, -0.15) is 0 Å². The Morgan fingerprint density at radius 2 is 1.83 bits per heavy atom. The highest BCUT2D eigenvalue weighted by molar-refractivity contribution is 9.10. The zero-order valence-corrected chi connectivity index (χ0v) is 11.3. The molecule has 0 fully saturated rings. The lowest BCUT2D eigenvalue weighted by Gasteiger charge is -2.09. The molecule has 2 aromatic carbocycles. The smallest absolute Gasteiger partial charge is 0.335 e. The summed E-state index contributed by atoms with van der Waals surface area (Å²) in [6.45, 7) is 1.95. The SMILES string of the molecule is Cc1cc(Br)ccc1Oc1ccc(C(=O)O)cc1. The van der Waals surface area contributed by atoms with Gasteiger partial charge >= 0.3 is 5.97 Å². The van der Waals surface area contributed by atoms with Crippen LogP contribution < -0.4 is 4.74 Å². The molecular formula is C14H11BrO3. The normalized spacial score (nSPS) is 10.1. The lowest BCUT2D eigenvalue weighted by Crippen LogP contribution is -1.95. The lowest BCUT2D eigenvalue weighted by atomic mass is 10.2. The van der Waals surface area contributed by atoms with Crippen LogP contribution in [0.4, 0.5) is 0 Å². The van der Waals surface area contributed by atoms with Crippen molar-refractivity contribution in [1.82, 2.24) is 0 Å². The number of carboxylic acid groups (broad SMARTS) is 1. The molecule has 3 nitrogen and oxygen atoms in total. The van der Waals surface area contributed by atoms with Crippen molar-refractivity contribution in [3.63, 3.8) is 0 Å². The van der Waals surface area contributed by atoms with Gasteiger partial charge in [0.25, 0.3) is 0 Å². The number of aromatic carboxylic acids is 1. The van der Waals surface area contributed by atoms with Gasteiger partial charge in [0.2, 0.25) is 0 Å². The summed E-state index contributed by atoms with van der Waals surface area (Å²) in [5.41, 5.74) is 1.25. The second-order valence-electron chi connectivity index (χ2n) is 3.84. The summed E-state index contributed by atoms with van der Waals surface area (Å²) >= 11 is 3.39. The number of halogens is 1. The fourth-order valence-electron chi connectivity index (χ4n) is 1.52. The second kappa shape index (κ2) is 5.23. The van der Waals surface area contributed by atoms with E-state index in [1.54, 1.807) is 12.1 Å². The Morgan fingerprint density at radius 3 is 2.39 bits per heavy atom. The van der Waals surface area contributed by atoms with Gasteiger partial charge < -0.3 is 9.84 Å². The number of carboxylic acids is 1. The molecule has 92 valence electrons. The summed E-state index contributed by atoms with van der Waals surface area (Å²) in [6, 6.07) is 12.0. The maximum Gasteiger partial charge on any atom is 0.335 e. The first-order valence-electron chi connectivity index (χ1n) is 5.33. The predicted molar refractivity (Wildman–Crippen MR) is 72.4 cm³/mol. The summed E-state index contributed by atoms with van der Waals surface area (Å²) in [5, 5.41) is 8.79. The van der Waals surface area contributed by atoms with Gasteiger partial charge in [0.15, 0.2) is 0 Å². The van der Waals surface area contributed by atoms with Crippen molar-refractivity contribution in [3.8, 4) is 11.5 Å². The summed E-state index contributed by atoms with van der Waals surface area (Å²) in [5.74, 6) is 0.424. The van der Waals surface area contributed by atoms with Crippen LogP contribution in [0.5, 0.6) is 11.5 Å². The number of rotatable bonds is 3. The number of hydrogen-bond acceptors (Lipinski definition) is 2. The Hall–Kier alpha value is -1.81. The summed E-state index contributed by atoms with van der Waals surface area (Å²) in [7, 11) is 0. The fourth-order valence-corrected chi connectivity index (χ4v) is 2.00. The maximum atomic E-state index is 10.7. The van der Waals surface area contributed by atoms with Crippen LogP contribution in [0.1, 0.15) is 15.9 Å². The third-order valence-corrected chi connectivity index (χ3v) is 2.96. The largest absolute Gasteiger partial charge is 0.478 e. The predicted octanol–water partition coefficient (Wildman–Crippen LogP) is 4.25. The van der Waals surface area contributed by atoms with Crippen LogP contribution >= 0.6 is 15.9 Å². The third-order valence-electron chi connectivity index (χ3n) is 2.47. The van der Waals surface area contributed by atoms with E-state index in [-0.39, 0.29) is 5.56 Å². The summed E-state index contributed by atoms with van der Waals surface area (Å²) in [4.78, 5) is 10.7. The molecule has 0 heterocycles. The number of carbonyl (C=O) groups is 1. The Labute approximate surface area is 113 Å². The quantitative estimate of drug-likeness (QED) is 0.922. The molecule has 0 aliphatic carbocycles. The van der Waals surface area contributed by atoms with Gasteiger partial charge in [0, 0.05) is 4.47 Å². The molecule has 0 saturated heterocycles. The molecule has 4 heteroatoms. The standard InChI is InChI=1S/C14H11BrO3/c1-9-8-11(15)4-7-13(9)18-12-5-2-10(3-6-12)14(16)17/h2-8H,1H3,(H,16,17). The summed E-state index contributed by atoms with van der Waals surface area (Å²) in [6.07, 6.45) is 0. The molecular weight excluding hydrogens is 296 g/mol. The monoisotopic (exact) mass is 306 g/mol. The molecule has 18 heavy (non-hydrogen) atoms. The Kier molecular flexibility index (Phi) is 3.67. The van der Waals surface area contributed by atoms with Gasteiger partial charge in [0.1, 0.15) is 11.5 Å². The Bertz CT molecular complexity index is 576. The minimum absolute atomic E-state index is 0.245. The van der Waals surface area contributed by atoms with Crippen molar-refractivity contribution in [3.05, 3.63) is 58.1 Å². The van der Waals surface area contributed by atoms with Gasteiger partial charge in [-0.3, -0.25) is 0 Å². The van der Waals surface area contributed by atoms with Crippen molar-refractivity contribution >= 4 is 21.9 Å². The van der Waals surface area contributed by atoms with Crippen LogP contribution in [0.15, 0.2) is 46.9 Å². The third kappa shape index (κ3) is 2.90. The van der Waals surface area contributed by atoms with Crippen molar-refractivity contribution in [1.29, 1.82) is 0 Å². The molecule has 0 aliphatic heterocycles. The molecule has 0 radical (unpaired) electrons. The molecule has 0 spiro atoms. The first-order chi connectivity index (χ1) is 8.56. The van der Waals surface area contributed by atoms with Crippen LogP contribution in [0, 0.1) is 6.92 Å². The van der Waals surface area contributed by atoms with E-state index in [2.05, 4.69) is 15.9 Å². The van der Waals surface area contributed by atoms with Gasteiger partial charge in [-0.05, 0) is 55.0 Å². The van der Waals surface area contributed by atoms with Gasteiger partial charge in [-0.1, -0.05) is 15.9 Å². The number of ether oxygens (including phenoxy) is 1. The maximum absolute atomic E-state index is 10.7. The minimum atomic E-state index is -0.943. The zero-order chi connectivity index (χ0) is 13.1. The minimum Gasteiger partial charge on any atom is -0.478 e. The molecule has 0 bridgehead atoms. The van der Waals surface area contributed by atoms with Crippen LogP contribution in [-0.4, -0.2) is 11.1 Å². The van der Waals surface area contributed by atoms with Crippen molar-refractivity contribution in [2.45, 2.75) is 6.92 Å².